The zero-order valence-corrected chi connectivity index (χ0v) is 24.4. The van der Waals surface area contributed by atoms with Crippen LogP contribution in [0.15, 0.2) is 71.2 Å². The van der Waals surface area contributed by atoms with Crippen molar-refractivity contribution in [3.05, 3.63) is 99.0 Å². The van der Waals surface area contributed by atoms with E-state index in [-0.39, 0.29) is 24.3 Å². The summed E-state index contributed by atoms with van der Waals surface area (Å²) in [6, 6.07) is 21.0. The second kappa shape index (κ2) is 9.76. The van der Waals surface area contributed by atoms with Crippen molar-refractivity contribution in [2.24, 2.45) is 11.8 Å². The number of unbranched alkanes of at least 4 members (excludes halogenated alkanes) is 2. The van der Waals surface area contributed by atoms with E-state index in [1.807, 2.05) is 73.7 Å². The highest BCUT2D eigenvalue weighted by Gasteiger charge is 2.72. The van der Waals surface area contributed by atoms with Crippen LogP contribution in [-0.4, -0.2) is 29.2 Å². The van der Waals surface area contributed by atoms with E-state index in [1.54, 1.807) is 0 Å². The number of nitrogens with one attached hydrogen (secondary N) is 1. The van der Waals surface area contributed by atoms with Crippen LogP contribution in [0.2, 0.25) is 0 Å². The van der Waals surface area contributed by atoms with Crippen molar-refractivity contribution >= 4 is 62.5 Å². The molecule has 5 nitrogen and oxygen atoms in total. The average Bonchev–Trinajstić information content (AvgIpc) is 3.19. The van der Waals surface area contributed by atoms with Crippen molar-refractivity contribution in [1.29, 1.82) is 0 Å². The van der Waals surface area contributed by atoms with E-state index in [2.05, 4.69) is 21.2 Å². The lowest BCUT2D eigenvalue weighted by Crippen LogP contribution is -2.57. The van der Waals surface area contributed by atoms with Crippen molar-refractivity contribution in [2.75, 3.05) is 11.9 Å². The van der Waals surface area contributed by atoms with Crippen LogP contribution in [0.5, 0.6) is 0 Å². The Hall–Kier alpha value is -2.67. The molecule has 3 amide bonds. The van der Waals surface area contributed by atoms with Gasteiger partial charge in [-0.1, -0.05) is 70.9 Å². The summed E-state index contributed by atoms with van der Waals surface area (Å²) < 4.78 is 0.963. The minimum atomic E-state index is -1.15. The number of anilines is 1. The van der Waals surface area contributed by atoms with Gasteiger partial charge in [0, 0.05) is 23.1 Å². The van der Waals surface area contributed by atoms with Crippen molar-refractivity contribution in [2.45, 2.75) is 42.4 Å². The normalized spacial score (nSPS) is 26.3. The number of amides is 3. The number of carbonyl (C=O) groups excluding carboxylic acids is 3. The summed E-state index contributed by atoms with van der Waals surface area (Å²) in [5, 5.41) is 2.95. The minimum Gasteiger partial charge on any atom is -0.326 e. The molecule has 1 heterocycles. The summed E-state index contributed by atoms with van der Waals surface area (Å²) in [5.41, 5.74) is 4.99. The first kappa shape index (κ1) is 26.5. The molecule has 1 fully saturated rings. The standard InChI is InChI=1S/C31H27BrCl2N2O3/c1-18-17-19(32)14-15-24(18)35-25(37)13-3-2-8-16-36-28(38)26-27(29(36)39)31(34)21-10-5-4-9-20(21)30(26,33)22-11-6-7-12-23(22)31/h4-7,9-12,14-15,17,26-27H,2-3,8,13,16H2,1H3,(H,35,37)/t26-,27+,30?,31?. The number of hydrogen-bond donors (Lipinski definition) is 1. The molecule has 4 aliphatic rings. The molecule has 39 heavy (non-hydrogen) atoms. The molecule has 1 N–H and O–H groups in total. The minimum absolute atomic E-state index is 0.0555. The van der Waals surface area contributed by atoms with Crippen LogP contribution >= 0.6 is 39.1 Å². The molecule has 0 unspecified atom stereocenters. The molecule has 200 valence electrons. The molecule has 3 aromatic rings. The fraction of sp³-hybridized carbons (Fsp3) is 0.323. The van der Waals surface area contributed by atoms with Crippen LogP contribution in [0, 0.1) is 18.8 Å². The highest BCUT2D eigenvalue weighted by atomic mass is 79.9. The predicted molar refractivity (Wildman–Crippen MR) is 156 cm³/mol. The van der Waals surface area contributed by atoms with Gasteiger partial charge in [0.05, 0.1) is 11.8 Å². The number of likely N-dealkylation sites (tertiary alicyclic amines) is 1. The molecule has 1 aliphatic heterocycles. The Balaban J connectivity index is 1.15. The summed E-state index contributed by atoms with van der Waals surface area (Å²) in [5.74, 6) is -2.13. The second-order valence-electron chi connectivity index (χ2n) is 10.6. The van der Waals surface area contributed by atoms with Crippen molar-refractivity contribution in [3.8, 4) is 0 Å². The van der Waals surface area contributed by atoms with Crippen molar-refractivity contribution < 1.29 is 14.4 Å². The molecule has 0 spiro atoms. The molecule has 2 atom stereocenters. The SMILES string of the molecule is Cc1cc(Br)ccc1NC(=O)CCCCCN1C(=O)[C@@H]2[C@H](C1=O)C1(Cl)c3ccccc3C2(Cl)c2ccccc21. The molecule has 0 radical (unpaired) electrons. The number of aryl methyl sites for hydroxylation is 1. The zero-order chi connectivity index (χ0) is 27.5. The maximum absolute atomic E-state index is 13.8. The number of carbonyl (C=O) groups is 3. The number of imide groups is 1. The van der Waals surface area contributed by atoms with E-state index < -0.39 is 21.6 Å². The first-order valence-electron chi connectivity index (χ1n) is 13.2. The summed E-state index contributed by atoms with van der Waals surface area (Å²) in [6.07, 6.45) is 2.33. The molecule has 7 rings (SSSR count). The second-order valence-corrected chi connectivity index (χ2v) is 12.7. The molecule has 1 saturated heterocycles. The molecule has 0 aromatic heterocycles. The van der Waals surface area contributed by atoms with Crippen molar-refractivity contribution in [3.63, 3.8) is 0 Å². The van der Waals surface area contributed by atoms with Gasteiger partial charge >= 0.3 is 0 Å². The quantitative estimate of drug-likeness (QED) is 0.177. The Bertz CT molecular complexity index is 1400. The Morgan fingerprint density at radius 2 is 1.36 bits per heavy atom. The van der Waals surface area contributed by atoms with Crippen LogP contribution in [0.3, 0.4) is 0 Å². The average molecular weight is 626 g/mol. The van der Waals surface area contributed by atoms with Crippen LogP contribution in [0.4, 0.5) is 5.69 Å². The van der Waals surface area contributed by atoms with Gasteiger partial charge in [-0.05, 0) is 65.8 Å². The number of alkyl halides is 2. The Morgan fingerprint density at radius 3 is 1.85 bits per heavy atom. The molecule has 8 heteroatoms. The predicted octanol–water partition coefficient (Wildman–Crippen LogP) is 6.85. The lowest BCUT2D eigenvalue weighted by molar-refractivity contribution is -0.140. The molecule has 3 aromatic carbocycles. The van der Waals surface area contributed by atoms with Gasteiger partial charge in [0.15, 0.2) is 0 Å². The summed E-state index contributed by atoms with van der Waals surface area (Å²) >= 11 is 18.3. The van der Waals surface area contributed by atoms with Crippen LogP contribution in [-0.2, 0) is 24.1 Å². The third kappa shape index (κ3) is 3.90. The Labute approximate surface area is 246 Å². The summed E-state index contributed by atoms with van der Waals surface area (Å²) in [7, 11) is 0. The Kier molecular flexibility index (Phi) is 6.64. The fourth-order valence-electron chi connectivity index (χ4n) is 6.66. The van der Waals surface area contributed by atoms with Crippen LogP contribution in [0.1, 0.15) is 53.5 Å². The van der Waals surface area contributed by atoms with Crippen LogP contribution in [0.25, 0.3) is 0 Å². The van der Waals surface area contributed by atoms with Gasteiger partial charge in [-0.15, -0.1) is 23.2 Å². The van der Waals surface area contributed by atoms with Gasteiger partial charge in [-0.2, -0.15) is 0 Å². The van der Waals surface area contributed by atoms with Gasteiger partial charge in [0.2, 0.25) is 17.7 Å². The van der Waals surface area contributed by atoms with E-state index in [9.17, 15) is 14.4 Å². The van der Waals surface area contributed by atoms with E-state index in [1.165, 1.54) is 4.90 Å². The highest BCUT2D eigenvalue weighted by Crippen LogP contribution is 2.69. The molecule has 3 aliphatic carbocycles. The first-order chi connectivity index (χ1) is 18.7. The molecular weight excluding hydrogens is 599 g/mol. The van der Waals surface area contributed by atoms with Gasteiger partial charge in [-0.3, -0.25) is 19.3 Å². The first-order valence-corrected chi connectivity index (χ1v) is 14.7. The van der Waals surface area contributed by atoms with E-state index in [0.29, 0.717) is 25.7 Å². The number of rotatable bonds is 7. The maximum Gasteiger partial charge on any atom is 0.235 e. The third-order valence-corrected chi connectivity index (χ3v) is 10.2. The lowest BCUT2D eigenvalue weighted by Gasteiger charge is -2.54. The molecule has 2 bridgehead atoms. The summed E-state index contributed by atoms with van der Waals surface area (Å²) in [6.45, 7) is 2.23. The van der Waals surface area contributed by atoms with Gasteiger partial charge in [-0.25, -0.2) is 0 Å². The molecule has 0 saturated carbocycles. The largest absolute Gasteiger partial charge is 0.326 e. The van der Waals surface area contributed by atoms with Crippen LogP contribution < -0.4 is 5.32 Å². The van der Waals surface area contributed by atoms with Gasteiger partial charge < -0.3 is 5.32 Å². The highest BCUT2D eigenvalue weighted by molar-refractivity contribution is 9.10. The fourth-order valence-corrected chi connectivity index (χ4v) is 8.23. The lowest BCUT2D eigenvalue weighted by atomic mass is 9.54. The van der Waals surface area contributed by atoms with Gasteiger partial charge in [0.1, 0.15) is 9.75 Å². The maximum atomic E-state index is 13.8. The third-order valence-electron chi connectivity index (χ3n) is 8.42. The van der Waals surface area contributed by atoms with Crippen molar-refractivity contribution in [1.82, 2.24) is 4.90 Å². The number of hydrogen-bond acceptors (Lipinski definition) is 3. The van der Waals surface area contributed by atoms with E-state index >= 15 is 0 Å². The number of nitrogens with zero attached hydrogens (tertiary/aromatic N) is 1. The molecular formula is C31H27BrCl2N2O3. The zero-order valence-electron chi connectivity index (χ0n) is 21.3. The monoisotopic (exact) mass is 624 g/mol. The smallest absolute Gasteiger partial charge is 0.235 e. The summed E-state index contributed by atoms with van der Waals surface area (Å²) in [4.78, 5) is 39.2. The van der Waals surface area contributed by atoms with E-state index in [4.69, 9.17) is 23.2 Å². The Morgan fingerprint density at radius 1 is 0.846 bits per heavy atom. The van der Waals surface area contributed by atoms with E-state index in [0.717, 1.165) is 38.0 Å². The number of benzene rings is 3. The van der Waals surface area contributed by atoms with Gasteiger partial charge in [0.25, 0.3) is 0 Å². The number of halogens is 3. The topological polar surface area (TPSA) is 66.5 Å².